The van der Waals surface area contributed by atoms with Crippen LogP contribution in [0.2, 0.25) is 0 Å². The summed E-state index contributed by atoms with van der Waals surface area (Å²) in [6.45, 7) is 4.16. The summed E-state index contributed by atoms with van der Waals surface area (Å²) in [5, 5.41) is 12.6. The molecular weight excluding hydrogens is 252 g/mol. The highest BCUT2D eigenvalue weighted by atomic mass is 16.3. The van der Waals surface area contributed by atoms with Crippen LogP contribution >= 0.6 is 0 Å². The van der Waals surface area contributed by atoms with Gasteiger partial charge in [-0.3, -0.25) is 4.79 Å². The number of nitrogens with zero attached hydrogens (tertiary/aromatic N) is 1. The summed E-state index contributed by atoms with van der Waals surface area (Å²) in [6, 6.07) is 8.10. The summed E-state index contributed by atoms with van der Waals surface area (Å²) in [5.41, 5.74) is 1.83. The third-order valence-corrected chi connectivity index (χ3v) is 3.89. The first-order valence-electron chi connectivity index (χ1n) is 7.47. The Kier molecular flexibility index (Phi) is 5.56. The number of hydrogen-bond acceptors (Lipinski definition) is 3. The zero-order valence-electron chi connectivity index (χ0n) is 12.1. The normalized spacial score (nSPS) is 18.2. The highest BCUT2D eigenvalue weighted by molar-refractivity contribution is 5.95. The molecule has 1 aromatic rings. The van der Waals surface area contributed by atoms with Gasteiger partial charge in [0, 0.05) is 24.7 Å². The maximum absolute atomic E-state index is 12.7. The number of aliphatic hydroxyl groups excluding tert-OH is 1. The molecule has 0 spiro atoms. The Bertz CT molecular complexity index is 442. The highest BCUT2D eigenvalue weighted by Gasteiger charge is 2.23. The van der Waals surface area contributed by atoms with Crippen LogP contribution < -0.4 is 5.32 Å². The van der Waals surface area contributed by atoms with Crippen molar-refractivity contribution < 1.29 is 9.90 Å². The predicted octanol–water partition coefficient (Wildman–Crippen LogP) is 1.44. The lowest BCUT2D eigenvalue weighted by Crippen LogP contribution is -2.42. The molecule has 0 bridgehead atoms. The molecule has 0 aromatic heterocycles. The van der Waals surface area contributed by atoms with Gasteiger partial charge in [-0.25, -0.2) is 0 Å². The smallest absolute Gasteiger partial charge is 0.254 e. The summed E-state index contributed by atoms with van der Waals surface area (Å²) in [7, 11) is 0. The largest absolute Gasteiger partial charge is 0.395 e. The number of benzene rings is 1. The van der Waals surface area contributed by atoms with Crippen LogP contribution in [0.15, 0.2) is 24.3 Å². The quantitative estimate of drug-likeness (QED) is 0.826. The third-order valence-electron chi connectivity index (χ3n) is 3.89. The number of hydrogen-bond donors (Lipinski definition) is 2. The lowest BCUT2D eigenvalue weighted by molar-refractivity contribution is 0.0705. The van der Waals surface area contributed by atoms with E-state index in [-0.39, 0.29) is 12.5 Å². The number of nitrogens with one attached hydrogen (secondary N) is 1. The van der Waals surface area contributed by atoms with E-state index in [2.05, 4.69) is 12.2 Å². The average Bonchev–Trinajstić information content (AvgIpc) is 2.99. The van der Waals surface area contributed by atoms with Crippen LogP contribution in [0.1, 0.15) is 35.7 Å². The van der Waals surface area contributed by atoms with Gasteiger partial charge >= 0.3 is 0 Å². The van der Waals surface area contributed by atoms with Crippen LogP contribution in [0.5, 0.6) is 0 Å². The Morgan fingerprint density at radius 3 is 2.90 bits per heavy atom. The number of carbonyl (C=O) groups is 1. The maximum Gasteiger partial charge on any atom is 0.254 e. The minimum absolute atomic E-state index is 0.00670. The van der Waals surface area contributed by atoms with Crippen LogP contribution in [0, 0.1) is 0 Å². The fourth-order valence-electron chi connectivity index (χ4n) is 2.78. The number of aliphatic hydroxyl groups is 1. The second kappa shape index (κ2) is 7.41. The molecule has 2 rings (SSSR count). The van der Waals surface area contributed by atoms with E-state index in [4.69, 9.17) is 0 Å². The SMILES string of the molecule is CCc1ccccc1C(=O)N(CCO)CC1CCCN1. The van der Waals surface area contributed by atoms with E-state index >= 15 is 0 Å². The first kappa shape index (κ1) is 15.0. The van der Waals surface area contributed by atoms with Crippen molar-refractivity contribution in [1.29, 1.82) is 0 Å². The topological polar surface area (TPSA) is 52.6 Å². The van der Waals surface area contributed by atoms with E-state index in [1.165, 1.54) is 0 Å². The molecule has 1 unspecified atom stereocenters. The van der Waals surface area contributed by atoms with Gasteiger partial charge in [-0.2, -0.15) is 0 Å². The molecular formula is C16H24N2O2. The van der Waals surface area contributed by atoms with Gasteiger partial charge < -0.3 is 15.3 Å². The molecule has 1 saturated heterocycles. The molecule has 4 nitrogen and oxygen atoms in total. The van der Waals surface area contributed by atoms with Gasteiger partial charge in [-0.15, -0.1) is 0 Å². The Labute approximate surface area is 120 Å². The fraction of sp³-hybridized carbons (Fsp3) is 0.562. The van der Waals surface area contributed by atoms with Crippen LogP contribution in [0.25, 0.3) is 0 Å². The van der Waals surface area contributed by atoms with Gasteiger partial charge in [0.1, 0.15) is 0 Å². The van der Waals surface area contributed by atoms with Gasteiger partial charge in [-0.05, 0) is 37.4 Å². The van der Waals surface area contributed by atoms with E-state index in [0.717, 1.165) is 36.9 Å². The van der Waals surface area contributed by atoms with E-state index in [9.17, 15) is 9.90 Å². The van der Waals surface area contributed by atoms with Crippen LogP contribution in [0.4, 0.5) is 0 Å². The summed E-state index contributed by atoms with van der Waals surface area (Å²) in [5.74, 6) is 0.0326. The Hall–Kier alpha value is -1.39. The zero-order chi connectivity index (χ0) is 14.4. The number of amides is 1. The van der Waals surface area contributed by atoms with Crippen molar-refractivity contribution in [2.24, 2.45) is 0 Å². The Morgan fingerprint density at radius 2 is 2.25 bits per heavy atom. The van der Waals surface area contributed by atoms with Gasteiger partial charge in [0.05, 0.1) is 6.61 Å². The summed E-state index contributed by atoms with van der Waals surface area (Å²) >= 11 is 0. The van der Waals surface area contributed by atoms with Gasteiger partial charge in [-0.1, -0.05) is 25.1 Å². The monoisotopic (exact) mass is 276 g/mol. The number of rotatable bonds is 6. The number of aryl methyl sites for hydroxylation is 1. The summed E-state index contributed by atoms with van der Waals surface area (Å²) in [4.78, 5) is 14.5. The van der Waals surface area contributed by atoms with E-state index in [1.807, 2.05) is 24.3 Å². The Balaban J connectivity index is 2.12. The molecule has 1 heterocycles. The van der Waals surface area contributed by atoms with Crippen molar-refractivity contribution in [3.63, 3.8) is 0 Å². The fourth-order valence-corrected chi connectivity index (χ4v) is 2.78. The van der Waals surface area contributed by atoms with Crippen molar-refractivity contribution in [3.05, 3.63) is 35.4 Å². The molecule has 4 heteroatoms. The second-order valence-electron chi connectivity index (χ2n) is 5.28. The number of carbonyl (C=O) groups excluding carboxylic acids is 1. The van der Waals surface area contributed by atoms with E-state index in [0.29, 0.717) is 19.1 Å². The molecule has 1 atom stereocenters. The van der Waals surface area contributed by atoms with E-state index in [1.54, 1.807) is 4.90 Å². The zero-order valence-corrected chi connectivity index (χ0v) is 12.1. The lowest BCUT2D eigenvalue weighted by Gasteiger charge is -2.26. The molecule has 2 N–H and O–H groups in total. The Morgan fingerprint density at radius 1 is 1.45 bits per heavy atom. The molecule has 1 amide bonds. The predicted molar refractivity (Wildman–Crippen MR) is 79.8 cm³/mol. The molecule has 20 heavy (non-hydrogen) atoms. The maximum atomic E-state index is 12.7. The summed E-state index contributed by atoms with van der Waals surface area (Å²) < 4.78 is 0. The van der Waals surface area contributed by atoms with Crippen molar-refractivity contribution in [1.82, 2.24) is 10.2 Å². The minimum atomic E-state index is 0.00670. The molecule has 110 valence electrons. The minimum Gasteiger partial charge on any atom is -0.395 e. The van der Waals surface area contributed by atoms with Crippen LogP contribution in [-0.2, 0) is 6.42 Å². The second-order valence-corrected chi connectivity index (χ2v) is 5.28. The van der Waals surface area contributed by atoms with Crippen molar-refractivity contribution >= 4 is 5.91 Å². The van der Waals surface area contributed by atoms with Crippen LogP contribution in [-0.4, -0.2) is 48.2 Å². The molecule has 0 saturated carbocycles. The first-order chi connectivity index (χ1) is 9.76. The lowest BCUT2D eigenvalue weighted by atomic mass is 10.0. The van der Waals surface area contributed by atoms with Gasteiger partial charge in [0.2, 0.25) is 0 Å². The van der Waals surface area contributed by atoms with Gasteiger partial charge in [0.25, 0.3) is 5.91 Å². The molecule has 1 aliphatic rings. The molecule has 1 fully saturated rings. The van der Waals surface area contributed by atoms with Crippen molar-refractivity contribution in [3.8, 4) is 0 Å². The third kappa shape index (κ3) is 3.58. The van der Waals surface area contributed by atoms with Crippen molar-refractivity contribution in [2.45, 2.75) is 32.2 Å². The van der Waals surface area contributed by atoms with Crippen LogP contribution in [0.3, 0.4) is 0 Å². The average molecular weight is 276 g/mol. The van der Waals surface area contributed by atoms with Gasteiger partial charge in [0.15, 0.2) is 0 Å². The standard InChI is InChI=1S/C16H24N2O2/c1-2-13-6-3-4-8-15(13)16(20)18(10-11-19)12-14-7-5-9-17-14/h3-4,6,8,14,17,19H,2,5,7,9-12H2,1H3. The highest BCUT2D eigenvalue weighted by Crippen LogP contribution is 2.14. The van der Waals surface area contributed by atoms with E-state index < -0.39 is 0 Å². The molecule has 1 aliphatic heterocycles. The molecule has 0 radical (unpaired) electrons. The van der Waals surface area contributed by atoms with Crippen molar-refractivity contribution in [2.75, 3.05) is 26.2 Å². The molecule has 0 aliphatic carbocycles. The summed E-state index contributed by atoms with van der Waals surface area (Å²) in [6.07, 6.45) is 3.11. The first-order valence-corrected chi connectivity index (χ1v) is 7.47. The molecule has 1 aromatic carbocycles.